The molecule has 2 unspecified atom stereocenters. The Morgan fingerprint density at radius 3 is 2.35 bits per heavy atom. The molecular formula is C15H27N3O2. The Labute approximate surface area is 122 Å². The predicted octanol–water partition coefficient (Wildman–Crippen LogP) is 1.45. The highest BCUT2D eigenvalue weighted by molar-refractivity contribution is 5.16. The van der Waals surface area contributed by atoms with Crippen molar-refractivity contribution in [1.29, 1.82) is 0 Å². The molecule has 2 N–H and O–H groups in total. The van der Waals surface area contributed by atoms with Gasteiger partial charge in [-0.3, -0.25) is 9.88 Å². The van der Waals surface area contributed by atoms with Gasteiger partial charge >= 0.3 is 0 Å². The maximum absolute atomic E-state index is 6.34. The van der Waals surface area contributed by atoms with Gasteiger partial charge in [-0.25, -0.2) is 0 Å². The number of hydrogen-bond donors (Lipinski definition) is 1. The van der Waals surface area contributed by atoms with Crippen molar-refractivity contribution < 1.29 is 9.47 Å². The molecule has 1 heterocycles. The SMILES string of the molecule is CCC(N)C(c1cccnc1)N(CCOC)CCOC. The molecule has 0 radical (unpaired) electrons. The molecule has 5 heteroatoms. The number of ether oxygens (including phenoxy) is 2. The van der Waals surface area contributed by atoms with Crippen LogP contribution in [0.1, 0.15) is 24.9 Å². The summed E-state index contributed by atoms with van der Waals surface area (Å²) in [5.41, 5.74) is 7.49. The lowest BCUT2D eigenvalue weighted by atomic mass is 9.97. The van der Waals surface area contributed by atoms with Gasteiger partial charge in [0.1, 0.15) is 0 Å². The molecule has 0 aliphatic carbocycles. The second-order valence-electron chi connectivity index (χ2n) is 4.82. The third kappa shape index (κ3) is 5.17. The zero-order chi connectivity index (χ0) is 14.8. The Morgan fingerprint density at radius 2 is 1.90 bits per heavy atom. The first-order valence-corrected chi connectivity index (χ1v) is 7.12. The molecule has 2 atom stereocenters. The van der Waals surface area contributed by atoms with Crippen LogP contribution in [-0.2, 0) is 9.47 Å². The van der Waals surface area contributed by atoms with E-state index in [2.05, 4.69) is 22.9 Å². The summed E-state index contributed by atoms with van der Waals surface area (Å²) in [4.78, 5) is 6.54. The largest absolute Gasteiger partial charge is 0.383 e. The van der Waals surface area contributed by atoms with Gasteiger partial charge < -0.3 is 15.2 Å². The first kappa shape index (κ1) is 17.0. The van der Waals surface area contributed by atoms with Crippen LogP contribution in [0.15, 0.2) is 24.5 Å². The Morgan fingerprint density at radius 1 is 1.25 bits per heavy atom. The van der Waals surface area contributed by atoms with Gasteiger partial charge in [0.15, 0.2) is 0 Å². The molecule has 1 aromatic rings. The monoisotopic (exact) mass is 281 g/mol. The molecule has 0 saturated carbocycles. The van der Waals surface area contributed by atoms with Gasteiger partial charge in [-0.15, -0.1) is 0 Å². The van der Waals surface area contributed by atoms with E-state index in [1.807, 2.05) is 12.3 Å². The number of methoxy groups -OCH3 is 2. The molecule has 5 nitrogen and oxygen atoms in total. The summed E-state index contributed by atoms with van der Waals surface area (Å²) < 4.78 is 10.4. The van der Waals surface area contributed by atoms with Crippen LogP contribution in [0.4, 0.5) is 0 Å². The van der Waals surface area contributed by atoms with Gasteiger partial charge in [-0.1, -0.05) is 13.0 Å². The lowest BCUT2D eigenvalue weighted by Crippen LogP contribution is -2.43. The molecule has 0 aliphatic rings. The molecular weight excluding hydrogens is 254 g/mol. The summed E-state index contributed by atoms with van der Waals surface area (Å²) in [6.07, 6.45) is 4.59. The first-order valence-electron chi connectivity index (χ1n) is 7.12. The minimum Gasteiger partial charge on any atom is -0.383 e. The minimum absolute atomic E-state index is 0.0629. The molecule has 0 spiro atoms. The van der Waals surface area contributed by atoms with Crippen LogP contribution in [0, 0.1) is 0 Å². The highest BCUT2D eigenvalue weighted by atomic mass is 16.5. The van der Waals surface area contributed by atoms with Gasteiger partial charge in [-0.2, -0.15) is 0 Å². The fourth-order valence-corrected chi connectivity index (χ4v) is 2.31. The van der Waals surface area contributed by atoms with E-state index in [1.54, 1.807) is 20.4 Å². The third-order valence-corrected chi connectivity index (χ3v) is 3.46. The second-order valence-corrected chi connectivity index (χ2v) is 4.82. The molecule has 0 aliphatic heterocycles. The molecule has 114 valence electrons. The third-order valence-electron chi connectivity index (χ3n) is 3.46. The van der Waals surface area contributed by atoms with Crippen molar-refractivity contribution in [2.45, 2.75) is 25.4 Å². The van der Waals surface area contributed by atoms with Crippen molar-refractivity contribution in [1.82, 2.24) is 9.88 Å². The van der Waals surface area contributed by atoms with Crippen molar-refractivity contribution >= 4 is 0 Å². The van der Waals surface area contributed by atoms with Crippen LogP contribution >= 0.6 is 0 Å². The van der Waals surface area contributed by atoms with Crippen LogP contribution in [0.25, 0.3) is 0 Å². The fraction of sp³-hybridized carbons (Fsp3) is 0.667. The Kier molecular flexibility index (Phi) is 8.37. The number of hydrogen-bond acceptors (Lipinski definition) is 5. The quantitative estimate of drug-likeness (QED) is 0.703. The molecule has 0 bridgehead atoms. The maximum atomic E-state index is 6.34. The number of pyridine rings is 1. The molecule has 0 saturated heterocycles. The van der Waals surface area contributed by atoms with Crippen LogP contribution in [0.2, 0.25) is 0 Å². The normalized spacial score (nSPS) is 14.4. The minimum atomic E-state index is 0.0629. The predicted molar refractivity (Wildman–Crippen MR) is 80.6 cm³/mol. The van der Waals surface area contributed by atoms with Gasteiger partial charge in [0.05, 0.1) is 19.3 Å². The van der Waals surface area contributed by atoms with E-state index in [4.69, 9.17) is 15.2 Å². The summed E-state index contributed by atoms with van der Waals surface area (Å²) >= 11 is 0. The van der Waals surface area contributed by atoms with Gasteiger partial charge in [-0.05, 0) is 18.1 Å². The smallest absolute Gasteiger partial charge is 0.0589 e. The van der Waals surface area contributed by atoms with Gasteiger partial charge in [0.2, 0.25) is 0 Å². The Bertz CT molecular complexity index is 340. The van der Waals surface area contributed by atoms with Crippen LogP contribution in [0.3, 0.4) is 0 Å². The molecule has 0 aromatic carbocycles. The van der Waals surface area contributed by atoms with E-state index in [0.717, 1.165) is 25.1 Å². The van der Waals surface area contributed by atoms with Crippen molar-refractivity contribution in [2.75, 3.05) is 40.5 Å². The van der Waals surface area contributed by atoms with E-state index in [9.17, 15) is 0 Å². The van der Waals surface area contributed by atoms with Crippen molar-refractivity contribution in [3.8, 4) is 0 Å². The number of nitrogens with two attached hydrogens (primary N) is 1. The van der Waals surface area contributed by atoms with Crippen LogP contribution < -0.4 is 5.73 Å². The van der Waals surface area contributed by atoms with Crippen molar-refractivity contribution in [3.63, 3.8) is 0 Å². The van der Waals surface area contributed by atoms with Crippen LogP contribution in [0.5, 0.6) is 0 Å². The van der Waals surface area contributed by atoms with E-state index < -0.39 is 0 Å². The van der Waals surface area contributed by atoms with E-state index in [1.165, 1.54) is 0 Å². The average molecular weight is 281 g/mol. The van der Waals surface area contributed by atoms with Crippen molar-refractivity contribution in [2.24, 2.45) is 5.73 Å². The fourth-order valence-electron chi connectivity index (χ4n) is 2.31. The van der Waals surface area contributed by atoms with Crippen molar-refractivity contribution in [3.05, 3.63) is 30.1 Å². The lowest BCUT2D eigenvalue weighted by Gasteiger charge is -2.35. The second kappa shape index (κ2) is 9.83. The zero-order valence-electron chi connectivity index (χ0n) is 12.8. The average Bonchev–Trinajstić information content (AvgIpc) is 2.50. The first-order chi connectivity index (χ1) is 9.74. The number of nitrogens with zero attached hydrogens (tertiary/aromatic N) is 2. The Balaban J connectivity index is 2.91. The topological polar surface area (TPSA) is 60.6 Å². The molecule has 0 fully saturated rings. The zero-order valence-corrected chi connectivity index (χ0v) is 12.8. The molecule has 0 amide bonds. The highest BCUT2D eigenvalue weighted by Gasteiger charge is 2.25. The number of rotatable bonds is 10. The molecule has 1 aromatic heterocycles. The maximum Gasteiger partial charge on any atom is 0.0589 e. The Hall–Kier alpha value is -1.01. The van der Waals surface area contributed by atoms with E-state index in [-0.39, 0.29) is 12.1 Å². The standard InChI is InChI=1S/C15H27N3O2/c1-4-14(16)15(13-6-5-7-17-12-13)18(8-10-19-2)9-11-20-3/h5-7,12,14-15H,4,8-11,16H2,1-3H3. The van der Waals surface area contributed by atoms with E-state index in [0.29, 0.717) is 13.2 Å². The highest BCUT2D eigenvalue weighted by Crippen LogP contribution is 2.24. The summed E-state index contributed by atoms with van der Waals surface area (Å²) in [6.45, 7) is 5.12. The van der Waals surface area contributed by atoms with Gasteiger partial charge in [0, 0.05) is 45.7 Å². The summed E-state index contributed by atoms with van der Waals surface area (Å²) in [5.74, 6) is 0. The summed E-state index contributed by atoms with van der Waals surface area (Å²) in [6, 6.07) is 4.24. The summed E-state index contributed by atoms with van der Waals surface area (Å²) in [5, 5.41) is 0. The summed E-state index contributed by atoms with van der Waals surface area (Å²) in [7, 11) is 3.43. The number of aromatic nitrogens is 1. The van der Waals surface area contributed by atoms with Crippen LogP contribution in [-0.4, -0.2) is 56.4 Å². The lowest BCUT2D eigenvalue weighted by molar-refractivity contribution is 0.0774. The molecule has 20 heavy (non-hydrogen) atoms. The molecule has 1 rings (SSSR count). The van der Waals surface area contributed by atoms with Gasteiger partial charge in [0.25, 0.3) is 0 Å². The van der Waals surface area contributed by atoms with E-state index >= 15 is 0 Å².